The SMILES string of the molecule is C=CCNS(=O)(=O)c1ccc(C(=O)Nc2cccc(F)c2)cc1. The van der Waals surface area contributed by atoms with E-state index in [0.29, 0.717) is 5.69 Å². The van der Waals surface area contributed by atoms with Crippen LogP contribution in [-0.4, -0.2) is 20.9 Å². The van der Waals surface area contributed by atoms with E-state index in [9.17, 15) is 17.6 Å². The Bertz CT molecular complexity index is 817. The van der Waals surface area contributed by atoms with E-state index >= 15 is 0 Å². The van der Waals surface area contributed by atoms with E-state index in [0.717, 1.165) is 0 Å². The van der Waals surface area contributed by atoms with Gasteiger partial charge in [0, 0.05) is 17.8 Å². The van der Waals surface area contributed by atoms with Gasteiger partial charge in [0.25, 0.3) is 5.91 Å². The van der Waals surface area contributed by atoms with Crippen LogP contribution < -0.4 is 10.0 Å². The first-order valence-electron chi connectivity index (χ1n) is 6.70. The number of amides is 1. The van der Waals surface area contributed by atoms with Crippen molar-refractivity contribution in [1.82, 2.24) is 4.72 Å². The molecule has 0 bridgehead atoms. The number of hydrogen-bond acceptors (Lipinski definition) is 3. The molecule has 0 radical (unpaired) electrons. The first-order chi connectivity index (χ1) is 10.9. The van der Waals surface area contributed by atoms with Crippen molar-refractivity contribution in [3.63, 3.8) is 0 Å². The molecule has 2 N–H and O–H groups in total. The van der Waals surface area contributed by atoms with Gasteiger partial charge in [-0.1, -0.05) is 12.1 Å². The molecule has 0 atom stereocenters. The van der Waals surface area contributed by atoms with E-state index in [2.05, 4.69) is 16.6 Å². The summed E-state index contributed by atoms with van der Waals surface area (Å²) in [6, 6.07) is 10.9. The van der Waals surface area contributed by atoms with Crippen molar-refractivity contribution >= 4 is 21.6 Å². The summed E-state index contributed by atoms with van der Waals surface area (Å²) in [6.07, 6.45) is 1.43. The first kappa shape index (κ1) is 16.9. The van der Waals surface area contributed by atoms with E-state index in [-0.39, 0.29) is 17.0 Å². The van der Waals surface area contributed by atoms with Gasteiger partial charge in [-0.25, -0.2) is 17.5 Å². The Morgan fingerprint density at radius 1 is 1.17 bits per heavy atom. The second-order valence-corrected chi connectivity index (χ2v) is 6.40. The lowest BCUT2D eigenvalue weighted by Crippen LogP contribution is -2.23. The highest BCUT2D eigenvalue weighted by Gasteiger charge is 2.14. The maximum Gasteiger partial charge on any atom is 0.255 e. The van der Waals surface area contributed by atoms with Crippen molar-refractivity contribution in [3.05, 3.63) is 72.6 Å². The fraction of sp³-hybridized carbons (Fsp3) is 0.0625. The van der Waals surface area contributed by atoms with Crippen molar-refractivity contribution in [2.24, 2.45) is 0 Å². The van der Waals surface area contributed by atoms with Crippen molar-refractivity contribution < 1.29 is 17.6 Å². The average molecular weight is 334 g/mol. The maximum absolute atomic E-state index is 13.1. The summed E-state index contributed by atoms with van der Waals surface area (Å²) in [5.74, 6) is -0.920. The largest absolute Gasteiger partial charge is 0.322 e. The molecule has 0 aromatic heterocycles. The van der Waals surface area contributed by atoms with Gasteiger partial charge in [-0.2, -0.15) is 0 Å². The zero-order valence-corrected chi connectivity index (χ0v) is 12.9. The highest BCUT2D eigenvalue weighted by molar-refractivity contribution is 7.89. The summed E-state index contributed by atoms with van der Waals surface area (Å²) < 4.78 is 39.2. The smallest absolute Gasteiger partial charge is 0.255 e. The summed E-state index contributed by atoms with van der Waals surface area (Å²) in [4.78, 5) is 12.1. The zero-order chi connectivity index (χ0) is 16.9. The van der Waals surface area contributed by atoms with Crippen LogP contribution in [0.3, 0.4) is 0 Å². The zero-order valence-electron chi connectivity index (χ0n) is 12.1. The first-order valence-corrected chi connectivity index (χ1v) is 8.18. The van der Waals surface area contributed by atoms with Crippen LogP contribution in [0.5, 0.6) is 0 Å². The Morgan fingerprint density at radius 3 is 2.48 bits per heavy atom. The van der Waals surface area contributed by atoms with Crippen LogP contribution in [0.15, 0.2) is 66.1 Å². The van der Waals surface area contributed by atoms with Gasteiger partial charge in [-0.3, -0.25) is 4.79 Å². The molecule has 2 aromatic rings. The van der Waals surface area contributed by atoms with E-state index in [1.165, 1.54) is 48.5 Å². The lowest BCUT2D eigenvalue weighted by Gasteiger charge is -2.07. The fourth-order valence-corrected chi connectivity index (χ4v) is 2.81. The lowest BCUT2D eigenvalue weighted by atomic mass is 10.2. The number of anilines is 1. The minimum absolute atomic E-state index is 0.0432. The topological polar surface area (TPSA) is 75.3 Å². The molecule has 0 aliphatic rings. The molecule has 0 saturated heterocycles. The Kier molecular flexibility index (Phi) is 5.25. The molecule has 2 aromatic carbocycles. The van der Waals surface area contributed by atoms with E-state index in [4.69, 9.17) is 0 Å². The van der Waals surface area contributed by atoms with Crippen LogP contribution in [0.4, 0.5) is 10.1 Å². The summed E-state index contributed by atoms with van der Waals surface area (Å²) in [7, 11) is -3.63. The number of rotatable bonds is 6. The highest BCUT2D eigenvalue weighted by Crippen LogP contribution is 2.14. The standard InChI is InChI=1S/C16H15FN2O3S/c1-2-10-18-23(21,22)15-8-6-12(7-9-15)16(20)19-14-5-3-4-13(17)11-14/h2-9,11,18H,1,10H2,(H,19,20). The Balaban J connectivity index is 2.13. The lowest BCUT2D eigenvalue weighted by molar-refractivity contribution is 0.102. The normalized spacial score (nSPS) is 11.0. The van der Waals surface area contributed by atoms with Gasteiger partial charge in [0.05, 0.1) is 4.90 Å². The number of benzene rings is 2. The predicted octanol–water partition coefficient (Wildman–Crippen LogP) is 2.54. The van der Waals surface area contributed by atoms with Gasteiger partial charge >= 0.3 is 0 Å². The second kappa shape index (κ2) is 7.17. The fourth-order valence-electron chi connectivity index (χ4n) is 1.81. The summed E-state index contributed by atoms with van der Waals surface area (Å²) in [6.45, 7) is 3.55. The third kappa shape index (κ3) is 4.48. The molecule has 2 rings (SSSR count). The van der Waals surface area contributed by atoms with E-state index in [1.54, 1.807) is 6.07 Å². The number of carbonyl (C=O) groups excluding carboxylic acids is 1. The van der Waals surface area contributed by atoms with Crippen LogP contribution in [0.25, 0.3) is 0 Å². The van der Waals surface area contributed by atoms with Gasteiger partial charge in [0.2, 0.25) is 10.0 Å². The third-order valence-corrected chi connectivity index (χ3v) is 4.37. The average Bonchev–Trinajstić information content (AvgIpc) is 2.53. The van der Waals surface area contributed by atoms with Crippen LogP contribution in [0, 0.1) is 5.82 Å². The monoisotopic (exact) mass is 334 g/mol. The molecule has 5 nitrogen and oxygen atoms in total. The van der Waals surface area contributed by atoms with Gasteiger partial charge in [0.15, 0.2) is 0 Å². The van der Waals surface area contributed by atoms with E-state index in [1.807, 2.05) is 0 Å². The quantitative estimate of drug-likeness (QED) is 0.797. The molecular weight excluding hydrogens is 319 g/mol. The highest BCUT2D eigenvalue weighted by atomic mass is 32.2. The Hall–Kier alpha value is -2.51. The number of sulfonamides is 1. The molecule has 0 aliphatic carbocycles. The van der Waals surface area contributed by atoms with Crippen LogP contribution in [0.2, 0.25) is 0 Å². The molecular formula is C16H15FN2O3S. The van der Waals surface area contributed by atoms with Crippen molar-refractivity contribution in [1.29, 1.82) is 0 Å². The molecule has 0 aliphatic heterocycles. The summed E-state index contributed by atoms with van der Waals surface area (Å²) in [5, 5.41) is 2.53. The molecule has 0 spiro atoms. The van der Waals surface area contributed by atoms with Crippen molar-refractivity contribution in [3.8, 4) is 0 Å². The van der Waals surface area contributed by atoms with Crippen LogP contribution in [-0.2, 0) is 10.0 Å². The second-order valence-electron chi connectivity index (χ2n) is 4.63. The molecule has 1 amide bonds. The van der Waals surface area contributed by atoms with Crippen molar-refractivity contribution in [2.75, 3.05) is 11.9 Å². The van der Waals surface area contributed by atoms with Gasteiger partial charge < -0.3 is 5.32 Å². The van der Waals surface area contributed by atoms with Crippen molar-refractivity contribution in [2.45, 2.75) is 4.90 Å². The molecule has 0 saturated carbocycles. The number of halogens is 1. The van der Waals surface area contributed by atoms with Crippen LogP contribution in [0.1, 0.15) is 10.4 Å². The van der Waals surface area contributed by atoms with Crippen LogP contribution >= 0.6 is 0 Å². The molecule has 23 heavy (non-hydrogen) atoms. The molecule has 0 heterocycles. The molecule has 0 fully saturated rings. The van der Waals surface area contributed by atoms with Gasteiger partial charge in [-0.15, -0.1) is 6.58 Å². The minimum atomic E-state index is -3.63. The third-order valence-electron chi connectivity index (χ3n) is 2.93. The summed E-state index contributed by atoms with van der Waals surface area (Å²) in [5.41, 5.74) is 0.580. The molecule has 0 unspecified atom stereocenters. The van der Waals surface area contributed by atoms with Gasteiger partial charge in [0.1, 0.15) is 5.82 Å². The number of carbonyl (C=O) groups is 1. The predicted molar refractivity (Wildman–Crippen MR) is 86.2 cm³/mol. The Labute approximate surface area is 133 Å². The minimum Gasteiger partial charge on any atom is -0.322 e. The number of nitrogens with one attached hydrogen (secondary N) is 2. The van der Waals surface area contributed by atoms with E-state index < -0.39 is 21.7 Å². The number of hydrogen-bond donors (Lipinski definition) is 2. The van der Waals surface area contributed by atoms with Gasteiger partial charge in [-0.05, 0) is 42.5 Å². The maximum atomic E-state index is 13.1. The molecule has 7 heteroatoms. The Morgan fingerprint density at radius 2 is 1.87 bits per heavy atom. The summed E-state index contributed by atoms with van der Waals surface area (Å²) >= 11 is 0. The molecule has 120 valence electrons.